The summed E-state index contributed by atoms with van der Waals surface area (Å²) in [5.41, 5.74) is 0.695. The summed E-state index contributed by atoms with van der Waals surface area (Å²) in [6.45, 7) is 5.39. The average molecular weight is 387 g/mol. The Hall–Kier alpha value is -2.25. The largest absolute Gasteiger partial charge is 0.573 e. The molecule has 27 heavy (non-hydrogen) atoms. The average Bonchev–Trinajstić information content (AvgIpc) is 2.77. The zero-order valence-electron chi connectivity index (χ0n) is 15.3. The predicted molar refractivity (Wildman–Crippen MR) is 90.6 cm³/mol. The monoisotopic (exact) mass is 387 g/mol. The Kier molecular flexibility index (Phi) is 4.86. The van der Waals surface area contributed by atoms with Crippen molar-refractivity contribution in [3.05, 3.63) is 35.7 Å². The van der Waals surface area contributed by atoms with Crippen molar-refractivity contribution >= 4 is 11.7 Å². The van der Waals surface area contributed by atoms with Gasteiger partial charge in [0.05, 0.1) is 6.04 Å². The van der Waals surface area contributed by atoms with Gasteiger partial charge >= 0.3 is 12.5 Å². The summed E-state index contributed by atoms with van der Waals surface area (Å²) in [6, 6.07) is 3.18. The van der Waals surface area contributed by atoms with Gasteiger partial charge in [-0.25, -0.2) is 9.18 Å². The van der Waals surface area contributed by atoms with Gasteiger partial charge in [-0.3, -0.25) is 4.90 Å². The van der Waals surface area contributed by atoms with Gasteiger partial charge in [-0.1, -0.05) is 12.1 Å². The van der Waals surface area contributed by atoms with Crippen LogP contribution in [0, 0.1) is 5.82 Å². The molecular weight excluding hydrogens is 366 g/mol. The molecule has 0 radical (unpaired) electrons. The number of ether oxygens (including phenoxy) is 2. The standard InChI is InChI=1S/C19H21F4NO3/c1-18(2,3)27-17(25)24-13-5-6-14(24)9-12(8-13)11-4-7-16(15(20)10-11)26-19(21,22)23/h4,7-8,10,13-14H,5-6,9H2,1-3H3. The first kappa shape index (κ1) is 19.5. The Morgan fingerprint density at radius 1 is 1.19 bits per heavy atom. The zero-order chi connectivity index (χ0) is 20.0. The van der Waals surface area contributed by atoms with Gasteiger partial charge in [-0.05, 0) is 63.3 Å². The van der Waals surface area contributed by atoms with Gasteiger partial charge in [0, 0.05) is 6.04 Å². The van der Waals surface area contributed by atoms with Crippen LogP contribution in [0.5, 0.6) is 5.75 Å². The molecule has 1 amide bonds. The minimum Gasteiger partial charge on any atom is -0.444 e. The van der Waals surface area contributed by atoms with E-state index in [1.165, 1.54) is 6.07 Å². The number of carbonyl (C=O) groups is 1. The number of halogens is 4. The lowest BCUT2D eigenvalue weighted by atomic mass is 9.95. The number of benzene rings is 1. The molecule has 2 unspecified atom stereocenters. The van der Waals surface area contributed by atoms with Crippen LogP contribution >= 0.6 is 0 Å². The Bertz CT molecular complexity index is 767. The van der Waals surface area contributed by atoms with Crippen LogP contribution in [-0.4, -0.2) is 35.0 Å². The summed E-state index contributed by atoms with van der Waals surface area (Å²) >= 11 is 0. The van der Waals surface area contributed by atoms with Crippen molar-refractivity contribution in [1.82, 2.24) is 4.90 Å². The second-order valence-corrected chi connectivity index (χ2v) is 7.78. The SMILES string of the molecule is CC(C)(C)OC(=O)N1C2C=C(c3ccc(OC(F)(F)F)c(F)c3)CC1CC2. The highest BCUT2D eigenvalue weighted by atomic mass is 19.4. The molecule has 0 aromatic heterocycles. The molecule has 1 aromatic carbocycles. The van der Waals surface area contributed by atoms with Crippen LogP contribution in [0.1, 0.15) is 45.6 Å². The molecule has 3 rings (SSSR count). The van der Waals surface area contributed by atoms with Gasteiger partial charge in [0.2, 0.25) is 0 Å². The number of nitrogens with zero attached hydrogens (tertiary/aromatic N) is 1. The van der Waals surface area contributed by atoms with Crippen LogP contribution in [0.4, 0.5) is 22.4 Å². The number of carbonyl (C=O) groups excluding carboxylic acids is 1. The lowest BCUT2D eigenvalue weighted by Gasteiger charge is -2.35. The molecule has 0 saturated carbocycles. The molecule has 2 bridgehead atoms. The van der Waals surface area contributed by atoms with Gasteiger partial charge in [0.15, 0.2) is 11.6 Å². The van der Waals surface area contributed by atoms with Gasteiger partial charge in [0.1, 0.15) is 5.60 Å². The van der Waals surface area contributed by atoms with Crippen LogP contribution < -0.4 is 4.74 Å². The van der Waals surface area contributed by atoms with E-state index in [-0.39, 0.29) is 18.2 Å². The Morgan fingerprint density at radius 3 is 2.44 bits per heavy atom. The predicted octanol–water partition coefficient (Wildman–Crippen LogP) is 5.28. The van der Waals surface area contributed by atoms with E-state index >= 15 is 0 Å². The lowest BCUT2D eigenvalue weighted by Crippen LogP contribution is -2.45. The number of fused-ring (bicyclic) bond motifs is 2. The van der Waals surface area contributed by atoms with Crippen LogP contribution in [0.15, 0.2) is 24.3 Å². The van der Waals surface area contributed by atoms with E-state index in [4.69, 9.17) is 4.74 Å². The van der Waals surface area contributed by atoms with E-state index in [2.05, 4.69) is 4.74 Å². The minimum atomic E-state index is -4.94. The van der Waals surface area contributed by atoms with E-state index in [0.29, 0.717) is 12.0 Å². The highest BCUT2D eigenvalue weighted by Gasteiger charge is 2.41. The van der Waals surface area contributed by atoms with Crippen molar-refractivity contribution in [3.63, 3.8) is 0 Å². The van der Waals surface area contributed by atoms with Crippen molar-refractivity contribution in [2.45, 2.75) is 64.1 Å². The number of hydrogen-bond acceptors (Lipinski definition) is 3. The Labute approximate surface area is 154 Å². The van der Waals surface area contributed by atoms with Gasteiger partial charge < -0.3 is 9.47 Å². The van der Waals surface area contributed by atoms with Crippen molar-refractivity contribution in [1.29, 1.82) is 0 Å². The second-order valence-electron chi connectivity index (χ2n) is 7.78. The topological polar surface area (TPSA) is 38.8 Å². The van der Waals surface area contributed by atoms with E-state index in [9.17, 15) is 22.4 Å². The molecule has 0 N–H and O–H groups in total. The lowest BCUT2D eigenvalue weighted by molar-refractivity contribution is -0.275. The maximum absolute atomic E-state index is 14.0. The van der Waals surface area contributed by atoms with Gasteiger partial charge in [0.25, 0.3) is 0 Å². The second kappa shape index (κ2) is 6.73. The fraction of sp³-hybridized carbons (Fsp3) is 0.526. The maximum atomic E-state index is 14.0. The molecular formula is C19H21F4NO3. The van der Waals surface area contributed by atoms with Gasteiger partial charge in [-0.2, -0.15) is 0 Å². The van der Waals surface area contributed by atoms with E-state index in [1.807, 2.05) is 6.08 Å². The fourth-order valence-electron chi connectivity index (χ4n) is 3.55. The summed E-state index contributed by atoms with van der Waals surface area (Å²) in [5, 5.41) is 0. The van der Waals surface area contributed by atoms with E-state index in [0.717, 1.165) is 30.5 Å². The summed E-state index contributed by atoms with van der Waals surface area (Å²) in [7, 11) is 0. The molecule has 1 aromatic rings. The maximum Gasteiger partial charge on any atom is 0.573 e. The fourth-order valence-corrected chi connectivity index (χ4v) is 3.55. The van der Waals surface area contributed by atoms with E-state index in [1.54, 1.807) is 25.7 Å². The summed E-state index contributed by atoms with van der Waals surface area (Å²) < 4.78 is 59.9. The first-order valence-corrected chi connectivity index (χ1v) is 8.70. The molecule has 2 heterocycles. The normalized spacial score (nSPS) is 22.5. The molecule has 2 atom stereocenters. The van der Waals surface area contributed by atoms with Gasteiger partial charge in [-0.15, -0.1) is 13.2 Å². The highest BCUT2D eigenvalue weighted by Crippen LogP contribution is 2.40. The highest BCUT2D eigenvalue weighted by molar-refractivity contribution is 5.75. The molecule has 4 nitrogen and oxygen atoms in total. The Morgan fingerprint density at radius 2 is 1.89 bits per heavy atom. The molecule has 1 fully saturated rings. The van der Waals surface area contributed by atoms with Crippen molar-refractivity contribution in [2.75, 3.05) is 0 Å². The van der Waals surface area contributed by atoms with Crippen LogP contribution in [0.3, 0.4) is 0 Å². The first-order valence-electron chi connectivity index (χ1n) is 8.70. The minimum absolute atomic E-state index is 0.0704. The third-order valence-corrected chi connectivity index (χ3v) is 4.53. The molecule has 0 aliphatic carbocycles. The summed E-state index contributed by atoms with van der Waals surface area (Å²) in [5.74, 6) is -1.94. The zero-order valence-corrected chi connectivity index (χ0v) is 15.3. The van der Waals surface area contributed by atoms with E-state index < -0.39 is 23.5 Å². The molecule has 148 valence electrons. The molecule has 8 heteroatoms. The van der Waals surface area contributed by atoms with Crippen LogP contribution in [0.25, 0.3) is 5.57 Å². The number of hydrogen-bond donors (Lipinski definition) is 0. The molecule has 2 aliphatic heterocycles. The van der Waals surface area contributed by atoms with Crippen molar-refractivity contribution in [3.8, 4) is 5.75 Å². The number of amides is 1. The molecule has 0 spiro atoms. The van der Waals surface area contributed by atoms with Crippen molar-refractivity contribution < 1.29 is 31.8 Å². The smallest absolute Gasteiger partial charge is 0.444 e. The number of alkyl halides is 3. The van der Waals surface area contributed by atoms with Crippen LogP contribution in [0.2, 0.25) is 0 Å². The van der Waals surface area contributed by atoms with Crippen LogP contribution in [-0.2, 0) is 4.74 Å². The molecule has 2 aliphatic rings. The first-order chi connectivity index (χ1) is 12.4. The third-order valence-electron chi connectivity index (χ3n) is 4.53. The quantitative estimate of drug-likeness (QED) is 0.648. The third kappa shape index (κ3) is 4.54. The molecule has 1 saturated heterocycles. The number of rotatable bonds is 2. The summed E-state index contributed by atoms with van der Waals surface area (Å²) in [4.78, 5) is 14.1. The Balaban J connectivity index is 1.79. The van der Waals surface area contributed by atoms with Crippen molar-refractivity contribution in [2.24, 2.45) is 0 Å². The summed E-state index contributed by atoms with van der Waals surface area (Å²) in [6.07, 6.45) is -1.40.